The van der Waals surface area contributed by atoms with Crippen LogP contribution >= 0.6 is 7.82 Å². The van der Waals surface area contributed by atoms with Crippen LogP contribution in [0.3, 0.4) is 0 Å². The average molecular weight is 1110 g/mol. The molecule has 0 bridgehead atoms. The van der Waals surface area contributed by atoms with Crippen molar-refractivity contribution >= 4 is 19.8 Å². The van der Waals surface area contributed by atoms with Gasteiger partial charge in [-0.2, -0.15) is 0 Å². The fourth-order valence-electron chi connectivity index (χ4n) is 9.25. The lowest BCUT2D eigenvalue weighted by Crippen LogP contribution is -2.37. The van der Waals surface area contributed by atoms with Crippen molar-refractivity contribution < 1.29 is 42.1 Å². The summed E-state index contributed by atoms with van der Waals surface area (Å²) >= 11 is 0. The first-order chi connectivity index (χ1) is 38.0. The molecular weight excluding hydrogens is 990 g/mol. The van der Waals surface area contributed by atoms with Gasteiger partial charge < -0.3 is 27.9 Å². The molecule has 9 nitrogen and oxygen atoms in total. The number of carbonyl (C=O) groups excluding carboxylic acids is 2. The smallest absolute Gasteiger partial charge is 0.306 e. The number of phosphoric ester groups is 1. The molecule has 0 radical (unpaired) electrons. The Morgan fingerprint density at radius 2 is 0.731 bits per heavy atom. The molecule has 2 atom stereocenters. The van der Waals surface area contributed by atoms with E-state index in [1.807, 2.05) is 21.1 Å². The zero-order valence-electron chi connectivity index (χ0n) is 51.6. The average Bonchev–Trinajstić information content (AvgIpc) is 3.41. The lowest BCUT2D eigenvalue weighted by molar-refractivity contribution is -0.870. The predicted molar refractivity (Wildman–Crippen MR) is 333 cm³/mol. The molecule has 0 amide bonds. The molecule has 10 heteroatoms. The highest BCUT2D eigenvalue weighted by Crippen LogP contribution is 2.38. The van der Waals surface area contributed by atoms with Gasteiger partial charge in [-0.05, 0) is 64.2 Å². The van der Waals surface area contributed by atoms with E-state index < -0.39 is 26.5 Å². The van der Waals surface area contributed by atoms with Gasteiger partial charge in [-0.3, -0.25) is 14.2 Å². The van der Waals surface area contributed by atoms with Crippen LogP contribution in [0.25, 0.3) is 0 Å². The van der Waals surface area contributed by atoms with Crippen LogP contribution in [0.4, 0.5) is 0 Å². The standard InChI is InChI=1S/C68H124NO8P/c1-6-8-10-12-14-16-18-20-22-24-26-28-30-32-34-36-38-40-42-44-46-48-50-52-54-56-58-60-67(70)74-64-66(65-76-78(72,73)75-63-62-69(3,4)5)77-68(71)61-59-57-55-53-51-49-47-45-43-41-39-37-35-33-31-29-27-25-23-21-19-17-15-13-11-9-7-2/h9,11,15,17,21,23,27,29,33,35,39,41,66H,6-8,10,12-14,16,18-20,22,24-26,28,30-32,34,36-38,40,42-65H2,1-5H3/b11-9-,17-15-,23-21-,29-27-,35-33-,41-39-. The second-order valence-corrected chi connectivity index (χ2v) is 24.5. The third kappa shape index (κ3) is 62.6. The molecule has 0 aliphatic rings. The number of phosphoric acid groups is 1. The molecule has 0 fully saturated rings. The molecule has 78 heavy (non-hydrogen) atoms. The van der Waals surface area contributed by atoms with Crippen molar-refractivity contribution in [3.8, 4) is 0 Å². The van der Waals surface area contributed by atoms with Crippen LogP contribution < -0.4 is 4.89 Å². The van der Waals surface area contributed by atoms with E-state index in [0.29, 0.717) is 17.4 Å². The molecule has 0 rings (SSSR count). The maximum absolute atomic E-state index is 12.8. The molecule has 0 aromatic rings. The van der Waals surface area contributed by atoms with Crippen LogP contribution in [-0.2, 0) is 32.7 Å². The molecule has 0 aliphatic heterocycles. The van der Waals surface area contributed by atoms with Crippen molar-refractivity contribution in [1.82, 2.24) is 0 Å². The van der Waals surface area contributed by atoms with Crippen LogP contribution in [-0.4, -0.2) is 70.0 Å². The van der Waals surface area contributed by atoms with E-state index in [-0.39, 0.29) is 32.0 Å². The number of carbonyl (C=O) groups is 2. The van der Waals surface area contributed by atoms with E-state index in [2.05, 4.69) is 86.8 Å². The lowest BCUT2D eigenvalue weighted by atomic mass is 10.0. The zero-order valence-corrected chi connectivity index (χ0v) is 52.5. The van der Waals surface area contributed by atoms with E-state index in [1.54, 1.807) is 0 Å². The molecule has 0 aromatic heterocycles. The summed E-state index contributed by atoms with van der Waals surface area (Å²) in [7, 11) is 1.16. The van der Waals surface area contributed by atoms with Crippen molar-refractivity contribution in [3.05, 3.63) is 72.9 Å². The second kappa shape index (κ2) is 59.1. The Bertz CT molecular complexity index is 1550. The SMILES string of the molecule is CC/C=C\C/C=C\C/C=C\C/C=C\C/C=C\C/C=C\CCCCCCCCCCC(=O)OC(COC(=O)CCCCCCCCCCCCCCCCCCCCCCCCCCCCC)COP(=O)([O-])OCC[N+](C)(C)C. The molecule has 2 unspecified atom stereocenters. The number of quaternary nitrogens is 1. The number of hydrogen-bond donors (Lipinski definition) is 0. The monoisotopic (exact) mass is 1110 g/mol. The van der Waals surface area contributed by atoms with Crippen molar-refractivity contribution in [3.63, 3.8) is 0 Å². The summed E-state index contributed by atoms with van der Waals surface area (Å²) in [6, 6.07) is 0. The number of rotatable bonds is 60. The Morgan fingerprint density at radius 3 is 1.09 bits per heavy atom. The summed E-state index contributed by atoms with van der Waals surface area (Å²) in [6.07, 6.45) is 78.2. The molecule has 0 heterocycles. The highest BCUT2D eigenvalue weighted by molar-refractivity contribution is 7.45. The Morgan fingerprint density at radius 1 is 0.410 bits per heavy atom. The Labute approximate surface area is 482 Å². The van der Waals surface area contributed by atoms with E-state index in [9.17, 15) is 19.0 Å². The van der Waals surface area contributed by atoms with Crippen LogP contribution in [0.1, 0.15) is 296 Å². The zero-order chi connectivity index (χ0) is 57.0. The lowest BCUT2D eigenvalue weighted by Gasteiger charge is -2.28. The van der Waals surface area contributed by atoms with Gasteiger partial charge in [0.05, 0.1) is 27.7 Å². The van der Waals surface area contributed by atoms with E-state index in [0.717, 1.165) is 83.5 Å². The topological polar surface area (TPSA) is 111 Å². The van der Waals surface area contributed by atoms with Crippen molar-refractivity contribution in [2.45, 2.75) is 302 Å². The highest BCUT2D eigenvalue weighted by atomic mass is 31.2. The first kappa shape index (κ1) is 75.5. The first-order valence-corrected chi connectivity index (χ1v) is 34.1. The molecule has 0 saturated heterocycles. The summed E-state index contributed by atoms with van der Waals surface area (Å²) < 4.78 is 34.3. The van der Waals surface area contributed by atoms with Crippen molar-refractivity contribution in [1.29, 1.82) is 0 Å². The third-order valence-electron chi connectivity index (χ3n) is 14.2. The normalized spacial score (nSPS) is 13.7. The quantitative estimate of drug-likeness (QED) is 0.0195. The van der Waals surface area contributed by atoms with Crippen LogP contribution in [0.5, 0.6) is 0 Å². The van der Waals surface area contributed by atoms with Gasteiger partial charge in [0.2, 0.25) is 0 Å². The van der Waals surface area contributed by atoms with Crippen LogP contribution in [0.15, 0.2) is 72.9 Å². The number of unbranched alkanes of at least 4 members (excludes halogenated alkanes) is 34. The molecule has 0 saturated carbocycles. The number of esters is 2. The fourth-order valence-corrected chi connectivity index (χ4v) is 9.98. The number of ether oxygens (including phenoxy) is 2. The summed E-state index contributed by atoms with van der Waals surface area (Å²) in [6.45, 7) is 4.16. The summed E-state index contributed by atoms with van der Waals surface area (Å²) in [5.41, 5.74) is 0. The predicted octanol–water partition coefficient (Wildman–Crippen LogP) is 20.2. The summed E-state index contributed by atoms with van der Waals surface area (Å²) in [4.78, 5) is 38.0. The first-order valence-electron chi connectivity index (χ1n) is 32.6. The van der Waals surface area contributed by atoms with Gasteiger partial charge in [-0.1, -0.05) is 292 Å². The molecule has 454 valence electrons. The van der Waals surface area contributed by atoms with E-state index in [4.69, 9.17) is 18.5 Å². The Kier molecular flexibility index (Phi) is 57.2. The number of allylic oxidation sites excluding steroid dienone is 12. The molecule has 0 N–H and O–H groups in total. The van der Waals surface area contributed by atoms with Gasteiger partial charge in [-0.15, -0.1) is 0 Å². The number of likely N-dealkylation sites (N-methyl/N-ethyl adjacent to an activating group) is 1. The van der Waals surface area contributed by atoms with Gasteiger partial charge in [0.1, 0.15) is 19.8 Å². The van der Waals surface area contributed by atoms with Crippen LogP contribution in [0.2, 0.25) is 0 Å². The Balaban J connectivity index is 4.10. The minimum atomic E-state index is -4.64. The molecular formula is C68H124NO8P. The number of nitrogens with zero attached hydrogens (tertiary/aromatic N) is 1. The molecule has 0 aliphatic carbocycles. The van der Waals surface area contributed by atoms with Crippen LogP contribution in [0, 0.1) is 0 Å². The largest absolute Gasteiger partial charge is 0.756 e. The molecule has 0 aromatic carbocycles. The van der Waals surface area contributed by atoms with E-state index >= 15 is 0 Å². The van der Waals surface area contributed by atoms with Gasteiger partial charge in [-0.25, -0.2) is 0 Å². The van der Waals surface area contributed by atoms with Crippen molar-refractivity contribution in [2.24, 2.45) is 0 Å². The minimum Gasteiger partial charge on any atom is -0.756 e. The minimum absolute atomic E-state index is 0.0340. The van der Waals surface area contributed by atoms with Gasteiger partial charge in [0.25, 0.3) is 7.82 Å². The van der Waals surface area contributed by atoms with Gasteiger partial charge in [0.15, 0.2) is 6.10 Å². The summed E-state index contributed by atoms with van der Waals surface area (Å²) in [5.74, 6) is -0.833. The summed E-state index contributed by atoms with van der Waals surface area (Å²) in [5, 5.41) is 0. The highest BCUT2D eigenvalue weighted by Gasteiger charge is 2.22. The van der Waals surface area contributed by atoms with Gasteiger partial charge in [0, 0.05) is 12.8 Å². The molecule has 0 spiro atoms. The number of hydrogen-bond acceptors (Lipinski definition) is 8. The second-order valence-electron chi connectivity index (χ2n) is 23.1. The third-order valence-corrected chi connectivity index (χ3v) is 15.2. The van der Waals surface area contributed by atoms with Crippen molar-refractivity contribution in [2.75, 3.05) is 47.5 Å². The van der Waals surface area contributed by atoms with Gasteiger partial charge >= 0.3 is 11.9 Å². The van der Waals surface area contributed by atoms with E-state index in [1.165, 1.54) is 180 Å². The maximum atomic E-state index is 12.8. The fraction of sp³-hybridized carbons (Fsp3) is 0.794. The maximum Gasteiger partial charge on any atom is 0.306 e. The Hall–Kier alpha value is -2.55.